The number of hydrogen-bond acceptors (Lipinski definition) is 6. The highest BCUT2D eigenvalue weighted by Crippen LogP contribution is 2.57. The number of fused-ring (bicyclic) bond motifs is 2. The van der Waals surface area contributed by atoms with Gasteiger partial charge in [-0.3, -0.25) is 20.2 Å². The molecule has 202 valence electrons. The molecule has 0 aliphatic carbocycles. The van der Waals surface area contributed by atoms with E-state index in [1.165, 1.54) is 0 Å². The van der Waals surface area contributed by atoms with Gasteiger partial charge < -0.3 is 14.4 Å². The van der Waals surface area contributed by atoms with Crippen LogP contribution >= 0.6 is 0 Å². The van der Waals surface area contributed by atoms with Crippen molar-refractivity contribution < 1.29 is 19.2 Å². The summed E-state index contributed by atoms with van der Waals surface area (Å²) in [6.07, 6.45) is 0. The molecule has 2 aliphatic rings. The fourth-order valence-corrected chi connectivity index (χ4v) is 6.33. The molecule has 1 unspecified atom stereocenters. The minimum absolute atomic E-state index is 0.215. The molecule has 8 nitrogen and oxygen atoms in total. The Kier molecular flexibility index (Phi) is 6.48. The second-order valence-corrected chi connectivity index (χ2v) is 10.1. The van der Waals surface area contributed by atoms with Gasteiger partial charge in [-0.25, -0.2) is 0 Å². The number of hydrogen-bond donors (Lipinski definition) is 1. The topological polar surface area (TPSA) is 93.9 Å². The molecule has 0 saturated carbocycles. The number of nitro groups is 1. The van der Waals surface area contributed by atoms with Gasteiger partial charge in [-0.1, -0.05) is 72.8 Å². The average Bonchev–Trinajstić information content (AvgIpc) is 3.48. The summed E-state index contributed by atoms with van der Waals surface area (Å²) in [5.74, 6) is 0.185. The maximum Gasteiger partial charge on any atom is 0.253 e. The lowest BCUT2D eigenvalue weighted by Gasteiger charge is -2.31. The van der Waals surface area contributed by atoms with Crippen LogP contribution in [-0.4, -0.2) is 31.1 Å². The van der Waals surface area contributed by atoms with E-state index in [1.54, 1.807) is 43.4 Å². The molecule has 6 rings (SSSR count). The van der Waals surface area contributed by atoms with Crippen molar-refractivity contribution in [3.63, 3.8) is 0 Å². The summed E-state index contributed by atoms with van der Waals surface area (Å²) in [6, 6.07) is 29.9. The number of ether oxygens (including phenoxy) is 2. The predicted molar refractivity (Wildman–Crippen MR) is 151 cm³/mol. The van der Waals surface area contributed by atoms with Gasteiger partial charge in [0.05, 0.1) is 26.7 Å². The maximum atomic E-state index is 14.8. The fraction of sp³-hybridized carbons (Fsp3) is 0.219. The van der Waals surface area contributed by atoms with Gasteiger partial charge in [-0.15, -0.1) is 0 Å². The zero-order chi connectivity index (χ0) is 27.9. The number of carbonyl (C=O) groups excluding carboxylic acids is 1. The van der Waals surface area contributed by atoms with E-state index in [2.05, 4.69) is 5.32 Å². The summed E-state index contributed by atoms with van der Waals surface area (Å²) in [7, 11) is 3.14. The Morgan fingerprint density at radius 2 is 1.55 bits per heavy atom. The number of carbonyl (C=O) groups is 1. The van der Waals surface area contributed by atoms with Crippen LogP contribution in [-0.2, 0) is 16.9 Å². The molecular weight excluding hydrogens is 506 g/mol. The van der Waals surface area contributed by atoms with Crippen LogP contribution in [0.2, 0.25) is 0 Å². The van der Waals surface area contributed by atoms with Gasteiger partial charge >= 0.3 is 0 Å². The van der Waals surface area contributed by atoms with E-state index in [-0.39, 0.29) is 10.8 Å². The summed E-state index contributed by atoms with van der Waals surface area (Å²) in [5, 5.41) is 16.5. The average molecular weight is 536 g/mol. The maximum absolute atomic E-state index is 14.8. The first kappa shape index (κ1) is 25.6. The number of para-hydroxylation sites is 1. The van der Waals surface area contributed by atoms with Gasteiger partial charge in [-0.05, 0) is 47.0 Å². The van der Waals surface area contributed by atoms with E-state index >= 15 is 0 Å². The number of benzene rings is 4. The Bertz CT molecular complexity index is 1560. The van der Waals surface area contributed by atoms with Gasteiger partial charge in [-0.2, -0.15) is 0 Å². The van der Waals surface area contributed by atoms with Crippen molar-refractivity contribution in [1.82, 2.24) is 5.32 Å². The highest BCUT2D eigenvalue weighted by molar-refractivity contribution is 6.09. The Labute approximate surface area is 232 Å². The Balaban J connectivity index is 1.57. The summed E-state index contributed by atoms with van der Waals surface area (Å²) >= 11 is 0. The van der Waals surface area contributed by atoms with Crippen molar-refractivity contribution in [1.29, 1.82) is 0 Å². The number of nitrogens with zero attached hydrogens (tertiary/aromatic N) is 2. The molecule has 40 heavy (non-hydrogen) atoms. The van der Waals surface area contributed by atoms with Crippen molar-refractivity contribution in [2.75, 3.05) is 19.1 Å². The largest absolute Gasteiger partial charge is 0.497 e. The van der Waals surface area contributed by atoms with Crippen LogP contribution in [0.1, 0.15) is 34.2 Å². The zero-order valence-corrected chi connectivity index (χ0v) is 22.2. The molecule has 4 atom stereocenters. The van der Waals surface area contributed by atoms with E-state index in [0.717, 1.165) is 16.8 Å². The third-order valence-electron chi connectivity index (χ3n) is 8.09. The number of amides is 1. The summed E-state index contributed by atoms with van der Waals surface area (Å²) in [5.41, 5.74) is 2.44. The minimum Gasteiger partial charge on any atom is -0.497 e. The molecule has 2 heterocycles. The lowest BCUT2D eigenvalue weighted by Crippen LogP contribution is -2.50. The van der Waals surface area contributed by atoms with Gasteiger partial charge in [0.2, 0.25) is 6.04 Å². The first-order chi connectivity index (χ1) is 19.5. The summed E-state index contributed by atoms with van der Waals surface area (Å²) in [6.45, 7) is 0.348. The standard InChI is InChI=1S/C32H29N3O5/c1-39-24-17-15-22(16-18-24)29-30(35(37)38)28(23-11-8-12-25(19-23)40-2)32(33-29)26-13-6-7-14-27(26)34(31(32)36)20-21-9-4-3-5-10-21/h3-19,28-30,33H,20H2,1-2H3/t28-,29+,30+,32?/m1/s1. The molecule has 1 fully saturated rings. The third kappa shape index (κ3) is 3.99. The molecule has 1 N–H and O–H groups in total. The van der Waals surface area contributed by atoms with Crippen molar-refractivity contribution in [2.45, 2.75) is 30.1 Å². The fourth-order valence-electron chi connectivity index (χ4n) is 6.33. The van der Waals surface area contributed by atoms with Gasteiger partial charge in [0.25, 0.3) is 5.91 Å². The minimum atomic E-state index is -1.37. The first-order valence-electron chi connectivity index (χ1n) is 13.1. The lowest BCUT2D eigenvalue weighted by atomic mass is 9.74. The van der Waals surface area contributed by atoms with Crippen LogP contribution in [0.15, 0.2) is 103 Å². The number of methoxy groups -OCH3 is 2. The van der Waals surface area contributed by atoms with Crippen molar-refractivity contribution in [2.24, 2.45) is 0 Å². The SMILES string of the molecule is COc1ccc([C@@H]2NC3(C(=O)N(Cc4ccccc4)c4ccccc43)[C@H](c3cccc(OC)c3)[C@@H]2[N+](=O)[O-])cc1. The molecule has 1 amide bonds. The van der Waals surface area contributed by atoms with Crippen LogP contribution in [0, 0.1) is 10.1 Å². The number of nitrogens with one attached hydrogen (secondary N) is 1. The van der Waals surface area contributed by atoms with Crippen molar-refractivity contribution in [3.8, 4) is 11.5 Å². The monoisotopic (exact) mass is 535 g/mol. The van der Waals surface area contributed by atoms with Crippen LogP contribution < -0.4 is 19.7 Å². The van der Waals surface area contributed by atoms with E-state index < -0.39 is 23.5 Å². The Morgan fingerprint density at radius 3 is 2.25 bits per heavy atom. The zero-order valence-electron chi connectivity index (χ0n) is 22.2. The quantitative estimate of drug-likeness (QED) is 0.258. The molecule has 1 spiro atoms. The normalized spacial score (nSPS) is 23.3. The van der Waals surface area contributed by atoms with E-state index in [1.807, 2.05) is 78.9 Å². The van der Waals surface area contributed by atoms with Crippen molar-refractivity contribution in [3.05, 3.63) is 135 Å². The van der Waals surface area contributed by atoms with E-state index in [9.17, 15) is 14.9 Å². The third-order valence-corrected chi connectivity index (χ3v) is 8.09. The molecule has 0 radical (unpaired) electrons. The predicted octanol–water partition coefficient (Wildman–Crippen LogP) is 5.22. The van der Waals surface area contributed by atoms with Crippen LogP contribution in [0.5, 0.6) is 11.5 Å². The summed E-state index contributed by atoms with van der Waals surface area (Å²) < 4.78 is 10.8. The molecular formula is C32H29N3O5. The Hall–Kier alpha value is -4.69. The second-order valence-electron chi connectivity index (χ2n) is 10.1. The second kappa shape index (κ2) is 10.1. The van der Waals surface area contributed by atoms with Crippen molar-refractivity contribution >= 4 is 11.6 Å². The first-order valence-corrected chi connectivity index (χ1v) is 13.1. The van der Waals surface area contributed by atoms with E-state index in [4.69, 9.17) is 9.47 Å². The molecule has 4 aromatic rings. The molecule has 4 aromatic carbocycles. The summed E-state index contributed by atoms with van der Waals surface area (Å²) in [4.78, 5) is 29.2. The number of anilines is 1. The molecule has 0 bridgehead atoms. The molecule has 1 saturated heterocycles. The van der Waals surface area contributed by atoms with E-state index in [0.29, 0.717) is 29.2 Å². The van der Waals surface area contributed by atoms with Crippen LogP contribution in [0.4, 0.5) is 5.69 Å². The van der Waals surface area contributed by atoms with Gasteiger partial charge in [0.15, 0.2) is 0 Å². The van der Waals surface area contributed by atoms with Crippen LogP contribution in [0.3, 0.4) is 0 Å². The van der Waals surface area contributed by atoms with Gasteiger partial charge in [0, 0.05) is 16.2 Å². The molecule has 8 heteroatoms. The highest BCUT2D eigenvalue weighted by Gasteiger charge is 2.68. The lowest BCUT2D eigenvalue weighted by molar-refractivity contribution is -0.527. The smallest absolute Gasteiger partial charge is 0.253 e. The highest BCUT2D eigenvalue weighted by atomic mass is 16.6. The van der Waals surface area contributed by atoms with Gasteiger partial charge in [0.1, 0.15) is 23.1 Å². The molecule has 0 aromatic heterocycles. The number of rotatable bonds is 7. The Morgan fingerprint density at radius 1 is 0.850 bits per heavy atom. The van der Waals surface area contributed by atoms with Crippen LogP contribution in [0.25, 0.3) is 0 Å². The molecule has 2 aliphatic heterocycles.